The van der Waals surface area contributed by atoms with E-state index in [9.17, 15) is 0 Å². The lowest BCUT2D eigenvalue weighted by atomic mass is 9.92. The molecule has 1 heterocycles. The van der Waals surface area contributed by atoms with Crippen molar-refractivity contribution in [3.63, 3.8) is 0 Å². The topological polar surface area (TPSA) is 37.8 Å². The van der Waals surface area contributed by atoms with E-state index in [4.69, 9.17) is 4.98 Å². The molecule has 1 aliphatic rings. The van der Waals surface area contributed by atoms with Gasteiger partial charge in [0.15, 0.2) is 0 Å². The fourth-order valence-corrected chi connectivity index (χ4v) is 2.85. The number of nitrogens with zero attached hydrogens (tertiary/aromatic N) is 2. The predicted octanol–water partition coefficient (Wildman–Crippen LogP) is 3.83. The molecule has 0 fully saturated rings. The second-order valence-corrected chi connectivity index (χ2v) is 7.18. The van der Waals surface area contributed by atoms with Gasteiger partial charge >= 0.3 is 0 Å². The minimum atomic E-state index is 0.249. The summed E-state index contributed by atoms with van der Waals surface area (Å²) in [7, 11) is 0. The Labute approximate surface area is 123 Å². The van der Waals surface area contributed by atoms with Gasteiger partial charge in [0.25, 0.3) is 0 Å². The van der Waals surface area contributed by atoms with Crippen LogP contribution in [-0.2, 0) is 12.8 Å². The molecule has 112 valence electrons. The predicted molar refractivity (Wildman–Crippen MR) is 83.8 cm³/mol. The van der Waals surface area contributed by atoms with Crippen LogP contribution in [0, 0.1) is 5.41 Å². The number of fused-ring (bicyclic) bond motifs is 1. The fraction of sp³-hybridized carbons (Fsp3) is 0.765. The van der Waals surface area contributed by atoms with Crippen molar-refractivity contribution < 1.29 is 0 Å². The van der Waals surface area contributed by atoms with Gasteiger partial charge in [-0.1, -0.05) is 34.1 Å². The molecule has 0 aliphatic heterocycles. The second kappa shape index (κ2) is 6.66. The number of rotatable bonds is 4. The van der Waals surface area contributed by atoms with Crippen LogP contribution in [0.1, 0.15) is 76.5 Å². The minimum Gasteiger partial charge on any atom is -0.310 e. The molecule has 0 amide bonds. The molecule has 3 heteroatoms. The molecule has 3 nitrogen and oxygen atoms in total. The number of aromatic nitrogens is 2. The van der Waals surface area contributed by atoms with Crippen molar-refractivity contribution in [3.05, 3.63) is 23.3 Å². The molecule has 0 radical (unpaired) electrons. The van der Waals surface area contributed by atoms with Crippen molar-refractivity contribution in [2.75, 3.05) is 6.54 Å². The molecule has 1 aromatic rings. The van der Waals surface area contributed by atoms with Crippen LogP contribution < -0.4 is 5.32 Å². The molecule has 1 aromatic heterocycles. The third-order valence-electron chi connectivity index (χ3n) is 3.81. The first-order valence-electron chi connectivity index (χ1n) is 8.07. The number of nitrogens with one attached hydrogen (secondary N) is 1. The zero-order valence-electron chi connectivity index (χ0n) is 13.5. The molecule has 0 saturated carbocycles. The summed E-state index contributed by atoms with van der Waals surface area (Å²) in [6, 6.07) is 0.455. The first-order chi connectivity index (χ1) is 9.49. The highest BCUT2D eigenvalue weighted by atomic mass is 14.9. The highest BCUT2D eigenvalue weighted by Gasteiger charge is 2.21. The standard InChI is InChI=1S/C17H29N3/c1-5-10-18-14-8-6-7-9-15-13(14)12-19-16(20-15)11-17(2,3)4/h12,14,18H,5-11H2,1-4H3. The smallest absolute Gasteiger partial charge is 0.129 e. The van der Waals surface area contributed by atoms with Crippen molar-refractivity contribution in [1.82, 2.24) is 15.3 Å². The highest BCUT2D eigenvalue weighted by Crippen LogP contribution is 2.28. The van der Waals surface area contributed by atoms with Crippen LogP contribution in [-0.4, -0.2) is 16.5 Å². The molecule has 20 heavy (non-hydrogen) atoms. The van der Waals surface area contributed by atoms with E-state index in [2.05, 4.69) is 44.2 Å². The molecule has 1 unspecified atom stereocenters. The highest BCUT2D eigenvalue weighted by molar-refractivity contribution is 5.23. The van der Waals surface area contributed by atoms with Gasteiger partial charge in [-0.25, -0.2) is 9.97 Å². The Hall–Kier alpha value is -0.960. The lowest BCUT2D eigenvalue weighted by Gasteiger charge is -2.20. The maximum absolute atomic E-state index is 4.87. The van der Waals surface area contributed by atoms with Crippen LogP contribution in [0.2, 0.25) is 0 Å². The van der Waals surface area contributed by atoms with E-state index in [1.807, 2.05) is 0 Å². The lowest BCUT2D eigenvalue weighted by Crippen LogP contribution is -2.23. The molecule has 2 rings (SSSR count). The van der Waals surface area contributed by atoms with Gasteiger partial charge in [0.05, 0.1) is 0 Å². The summed E-state index contributed by atoms with van der Waals surface area (Å²) in [6.45, 7) is 10.0. The molecule has 0 bridgehead atoms. The SMILES string of the molecule is CCCNC1CCCCc2nc(CC(C)(C)C)ncc21. The number of hydrogen-bond acceptors (Lipinski definition) is 3. The molecule has 0 spiro atoms. The minimum absolute atomic E-state index is 0.249. The van der Waals surface area contributed by atoms with Gasteiger partial charge in [-0.2, -0.15) is 0 Å². The van der Waals surface area contributed by atoms with E-state index >= 15 is 0 Å². The summed E-state index contributed by atoms with van der Waals surface area (Å²) in [5.41, 5.74) is 2.87. The Morgan fingerprint density at radius 3 is 2.80 bits per heavy atom. The van der Waals surface area contributed by atoms with E-state index < -0.39 is 0 Å². The fourth-order valence-electron chi connectivity index (χ4n) is 2.85. The Morgan fingerprint density at radius 1 is 1.30 bits per heavy atom. The molecule has 1 aliphatic carbocycles. The normalized spacial score (nSPS) is 19.5. The summed E-state index contributed by atoms with van der Waals surface area (Å²) >= 11 is 0. The molecule has 1 N–H and O–H groups in total. The van der Waals surface area contributed by atoms with Crippen LogP contribution in [0.25, 0.3) is 0 Å². The zero-order chi connectivity index (χ0) is 14.6. The summed E-state index contributed by atoms with van der Waals surface area (Å²) in [6.07, 6.45) is 9.08. The van der Waals surface area contributed by atoms with Crippen LogP contribution in [0.4, 0.5) is 0 Å². The summed E-state index contributed by atoms with van der Waals surface area (Å²) < 4.78 is 0. The van der Waals surface area contributed by atoms with Crippen molar-refractivity contribution >= 4 is 0 Å². The maximum Gasteiger partial charge on any atom is 0.129 e. The first-order valence-corrected chi connectivity index (χ1v) is 8.07. The Morgan fingerprint density at radius 2 is 2.10 bits per heavy atom. The zero-order valence-corrected chi connectivity index (χ0v) is 13.5. The number of aryl methyl sites for hydroxylation is 1. The average molecular weight is 275 g/mol. The van der Waals surface area contributed by atoms with Crippen LogP contribution in [0.5, 0.6) is 0 Å². The molecular weight excluding hydrogens is 246 g/mol. The van der Waals surface area contributed by atoms with Gasteiger partial charge in [-0.3, -0.25) is 0 Å². The van der Waals surface area contributed by atoms with Crippen molar-refractivity contribution in [3.8, 4) is 0 Å². The van der Waals surface area contributed by atoms with Gasteiger partial charge < -0.3 is 5.32 Å². The Bertz CT molecular complexity index is 434. The summed E-state index contributed by atoms with van der Waals surface area (Å²) in [4.78, 5) is 9.49. The largest absolute Gasteiger partial charge is 0.310 e. The Kier molecular flexibility index (Phi) is 5.14. The third kappa shape index (κ3) is 4.27. The second-order valence-electron chi connectivity index (χ2n) is 7.18. The molecular formula is C17H29N3. The molecule has 0 aromatic carbocycles. The third-order valence-corrected chi connectivity index (χ3v) is 3.81. The van der Waals surface area contributed by atoms with E-state index in [1.165, 1.54) is 36.9 Å². The van der Waals surface area contributed by atoms with Crippen molar-refractivity contribution in [2.45, 2.75) is 72.3 Å². The van der Waals surface area contributed by atoms with Crippen LogP contribution in [0.3, 0.4) is 0 Å². The van der Waals surface area contributed by atoms with E-state index in [0.29, 0.717) is 6.04 Å². The van der Waals surface area contributed by atoms with Gasteiger partial charge in [0.2, 0.25) is 0 Å². The van der Waals surface area contributed by atoms with Gasteiger partial charge in [0.1, 0.15) is 5.82 Å². The quantitative estimate of drug-likeness (QED) is 0.849. The van der Waals surface area contributed by atoms with Crippen LogP contribution >= 0.6 is 0 Å². The van der Waals surface area contributed by atoms with E-state index in [-0.39, 0.29) is 5.41 Å². The number of hydrogen-bond donors (Lipinski definition) is 1. The first kappa shape index (κ1) is 15.4. The van der Waals surface area contributed by atoms with E-state index in [0.717, 1.165) is 25.2 Å². The van der Waals surface area contributed by atoms with Gasteiger partial charge in [-0.15, -0.1) is 0 Å². The lowest BCUT2D eigenvalue weighted by molar-refractivity contribution is 0.399. The summed E-state index contributed by atoms with van der Waals surface area (Å²) in [5.74, 6) is 1.01. The molecule has 1 atom stereocenters. The van der Waals surface area contributed by atoms with Crippen molar-refractivity contribution in [1.29, 1.82) is 0 Å². The van der Waals surface area contributed by atoms with E-state index in [1.54, 1.807) is 0 Å². The molecule has 0 saturated heterocycles. The monoisotopic (exact) mass is 275 g/mol. The van der Waals surface area contributed by atoms with Crippen molar-refractivity contribution in [2.24, 2.45) is 5.41 Å². The maximum atomic E-state index is 4.87. The van der Waals surface area contributed by atoms with Crippen LogP contribution in [0.15, 0.2) is 6.20 Å². The average Bonchev–Trinajstić information content (AvgIpc) is 2.56. The van der Waals surface area contributed by atoms with Gasteiger partial charge in [-0.05, 0) is 37.6 Å². The van der Waals surface area contributed by atoms with Gasteiger partial charge in [0, 0.05) is 29.9 Å². The summed E-state index contributed by atoms with van der Waals surface area (Å²) in [5, 5.41) is 3.66. The Balaban J connectivity index is 2.20.